The van der Waals surface area contributed by atoms with Crippen LogP contribution in [0.5, 0.6) is 0 Å². The maximum atomic E-state index is 11.8. The highest BCUT2D eigenvalue weighted by atomic mass is 35.5. The summed E-state index contributed by atoms with van der Waals surface area (Å²) in [6.45, 7) is 8.50. The Morgan fingerprint density at radius 1 is 1.30 bits per heavy atom. The molecule has 0 aliphatic carbocycles. The van der Waals surface area contributed by atoms with Crippen molar-refractivity contribution in [3.05, 3.63) is 0 Å². The highest BCUT2D eigenvalue weighted by Crippen LogP contribution is 2.26. The summed E-state index contributed by atoms with van der Waals surface area (Å²) in [5.41, 5.74) is -0.937. The van der Waals surface area contributed by atoms with E-state index in [1.165, 1.54) is 0 Å². The quantitative estimate of drug-likeness (QED) is 0.575. The van der Waals surface area contributed by atoms with E-state index in [0.29, 0.717) is 13.1 Å². The van der Waals surface area contributed by atoms with E-state index in [-0.39, 0.29) is 25.2 Å². The van der Waals surface area contributed by atoms with Crippen molar-refractivity contribution in [1.29, 1.82) is 0 Å². The van der Waals surface area contributed by atoms with Crippen molar-refractivity contribution in [1.82, 2.24) is 4.90 Å². The van der Waals surface area contributed by atoms with Crippen molar-refractivity contribution < 1.29 is 23.8 Å². The van der Waals surface area contributed by atoms with Gasteiger partial charge < -0.3 is 19.1 Å². The maximum Gasteiger partial charge on any atom is 0.410 e. The van der Waals surface area contributed by atoms with Gasteiger partial charge in [-0.15, -0.1) is 0 Å². The van der Waals surface area contributed by atoms with Crippen LogP contribution in [0, 0.1) is 0 Å². The molecule has 6 nitrogen and oxygen atoms in total. The number of carbonyl (C=O) groups excluding carboxylic acids is 2. The van der Waals surface area contributed by atoms with Gasteiger partial charge in [0.2, 0.25) is 0 Å². The third kappa shape index (κ3) is 5.54. The predicted molar refractivity (Wildman–Crippen MR) is 73.6 cm³/mol. The molecule has 0 N–H and O–H groups in total. The normalized spacial score (nSPS) is 17.4. The zero-order valence-electron chi connectivity index (χ0n) is 12.4. The molecule has 1 saturated heterocycles. The Kier molecular flexibility index (Phi) is 5.65. The van der Waals surface area contributed by atoms with E-state index in [1.807, 2.05) is 27.7 Å². The van der Waals surface area contributed by atoms with Crippen LogP contribution in [-0.2, 0) is 19.0 Å². The molecule has 7 heteroatoms. The van der Waals surface area contributed by atoms with Gasteiger partial charge in [-0.2, -0.15) is 0 Å². The number of hydrogen-bond donors (Lipinski definition) is 0. The lowest BCUT2D eigenvalue weighted by atomic mass is 9.97. The topological polar surface area (TPSA) is 65.1 Å². The molecule has 0 aromatic rings. The van der Waals surface area contributed by atoms with Crippen molar-refractivity contribution in [2.75, 3.05) is 25.8 Å². The Hall–Kier alpha value is -1.01. The molecule has 1 aliphatic heterocycles. The first-order valence-electron chi connectivity index (χ1n) is 6.49. The zero-order valence-corrected chi connectivity index (χ0v) is 13.2. The van der Waals surface area contributed by atoms with Crippen LogP contribution in [0.3, 0.4) is 0 Å². The van der Waals surface area contributed by atoms with Gasteiger partial charge in [0.15, 0.2) is 6.07 Å². The molecule has 0 aromatic carbocycles. The van der Waals surface area contributed by atoms with E-state index in [4.69, 9.17) is 21.1 Å². The first-order valence-corrected chi connectivity index (χ1v) is 7.02. The molecule has 1 heterocycles. The van der Waals surface area contributed by atoms with E-state index < -0.39 is 17.2 Å². The summed E-state index contributed by atoms with van der Waals surface area (Å²) in [5, 5.41) is 0. The summed E-state index contributed by atoms with van der Waals surface area (Å²) in [6.07, 6.45) is -0.200. The molecule has 1 amide bonds. The molecular weight excluding hydrogens is 286 g/mol. The SMILES string of the molecule is CC(C)(C)OC(=O)N1CC(C)(OCCC(=O)OCCl)C1. The van der Waals surface area contributed by atoms with Gasteiger partial charge in [-0.3, -0.25) is 4.79 Å². The number of halogens is 1. The molecule has 0 bridgehead atoms. The second-order valence-electron chi connectivity index (χ2n) is 6.01. The molecular formula is C13H22ClNO5. The third-order valence-electron chi connectivity index (χ3n) is 2.67. The van der Waals surface area contributed by atoms with Crippen molar-refractivity contribution in [3.63, 3.8) is 0 Å². The predicted octanol–water partition coefficient (Wildman–Crippen LogP) is 2.14. The zero-order chi connectivity index (χ0) is 15.4. The molecule has 0 aromatic heterocycles. The van der Waals surface area contributed by atoms with Crippen LogP contribution in [0.15, 0.2) is 0 Å². The van der Waals surface area contributed by atoms with Crippen LogP contribution in [0.2, 0.25) is 0 Å². The first-order chi connectivity index (χ1) is 9.15. The Labute approximate surface area is 124 Å². The second kappa shape index (κ2) is 6.63. The minimum Gasteiger partial charge on any atom is -0.449 e. The second-order valence-corrected chi connectivity index (χ2v) is 6.23. The van der Waals surface area contributed by atoms with Gasteiger partial charge in [-0.1, -0.05) is 11.6 Å². The lowest BCUT2D eigenvalue weighted by Crippen LogP contribution is -2.63. The van der Waals surface area contributed by atoms with Crippen molar-refractivity contribution in [2.24, 2.45) is 0 Å². The molecule has 1 aliphatic rings. The minimum absolute atomic E-state index is 0.148. The number of carbonyl (C=O) groups is 2. The van der Waals surface area contributed by atoms with Crippen LogP contribution in [0.1, 0.15) is 34.1 Å². The Morgan fingerprint density at radius 3 is 2.40 bits per heavy atom. The maximum absolute atomic E-state index is 11.8. The fourth-order valence-electron chi connectivity index (χ4n) is 1.82. The number of likely N-dealkylation sites (tertiary alicyclic amines) is 1. The number of esters is 1. The average Bonchev–Trinajstić information content (AvgIpc) is 2.23. The number of alkyl halides is 1. The highest BCUT2D eigenvalue weighted by Gasteiger charge is 2.43. The van der Waals surface area contributed by atoms with E-state index in [9.17, 15) is 9.59 Å². The molecule has 0 atom stereocenters. The fraction of sp³-hybridized carbons (Fsp3) is 0.846. The molecule has 116 valence electrons. The molecule has 0 radical (unpaired) electrons. The summed E-state index contributed by atoms with van der Waals surface area (Å²) in [6, 6.07) is -0.150. The van der Waals surface area contributed by atoms with Gasteiger partial charge >= 0.3 is 12.1 Å². The van der Waals surface area contributed by atoms with Gasteiger partial charge in [-0.25, -0.2) is 4.79 Å². The van der Waals surface area contributed by atoms with Crippen molar-refractivity contribution >= 4 is 23.7 Å². The van der Waals surface area contributed by atoms with Crippen molar-refractivity contribution in [3.8, 4) is 0 Å². The summed E-state index contributed by atoms with van der Waals surface area (Å²) in [5.74, 6) is -0.396. The van der Waals surface area contributed by atoms with Crippen LogP contribution >= 0.6 is 11.6 Å². The Balaban J connectivity index is 2.24. The van der Waals surface area contributed by atoms with Crippen LogP contribution in [-0.4, -0.2) is 53.9 Å². The van der Waals surface area contributed by atoms with Gasteiger partial charge in [0, 0.05) is 0 Å². The van der Waals surface area contributed by atoms with Gasteiger partial charge in [0.1, 0.15) is 11.2 Å². The standard InChI is InChI=1S/C13H22ClNO5/c1-12(2,3)20-11(17)15-7-13(4,8-15)19-6-5-10(16)18-9-14/h5-9H2,1-4H3. The van der Waals surface area contributed by atoms with Crippen molar-refractivity contribution in [2.45, 2.75) is 45.3 Å². The highest BCUT2D eigenvalue weighted by molar-refractivity contribution is 6.17. The summed E-state index contributed by atoms with van der Waals surface area (Å²) in [7, 11) is 0. The number of amides is 1. The van der Waals surface area contributed by atoms with E-state index >= 15 is 0 Å². The van der Waals surface area contributed by atoms with Crippen LogP contribution in [0.4, 0.5) is 4.79 Å². The molecule has 0 spiro atoms. The Morgan fingerprint density at radius 2 is 1.90 bits per heavy atom. The first kappa shape index (κ1) is 17.0. The molecule has 1 rings (SSSR count). The van der Waals surface area contributed by atoms with E-state index in [2.05, 4.69) is 4.74 Å². The summed E-state index contributed by atoms with van der Waals surface area (Å²) >= 11 is 5.27. The molecule has 0 unspecified atom stereocenters. The Bertz CT molecular complexity index is 360. The number of ether oxygens (including phenoxy) is 3. The van der Waals surface area contributed by atoms with E-state index in [1.54, 1.807) is 4.90 Å². The monoisotopic (exact) mass is 307 g/mol. The van der Waals surface area contributed by atoms with Crippen LogP contribution in [0.25, 0.3) is 0 Å². The van der Waals surface area contributed by atoms with Gasteiger partial charge in [0.05, 0.1) is 26.1 Å². The molecule has 1 fully saturated rings. The lowest BCUT2D eigenvalue weighted by molar-refractivity contribution is -0.151. The number of hydrogen-bond acceptors (Lipinski definition) is 5. The smallest absolute Gasteiger partial charge is 0.410 e. The lowest BCUT2D eigenvalue weighted by Gasteiger charge is -2.47. The third-order valence-corrected chi connectivity index (χ3v) is 2.78. The summed E-state index contributed by atoms with van der Waals surface area (Å²) < 4.78 is 15.4. The number of nitrogens with zero attached hydrogens (tertiary/aromatic N) is 1. The number of rotatable bonds is 5. The van der Waals surface area contributed by atoms with Gasteiger partial charge in [-0.05, 0) is 27.7 Å². The molecule has 0 saturated carbocycles. The average molecular weight is 308 g/mol. The van der Waals surface area contributed by atoms with E-state index in [0.717, 1.165) is 0 Å². The minimum atomic E-state index is -0.505. The summed E-state index contributed by atoms with van der Waals surface area (Å²) in [4.78, 5) is 24.4. The molecule has 20 heavy (non-hydrogen) atoms. The fourth-order valence-corrected chi connectivity index (χ4v) is 1.94. The van der Waals surface area contributed by atoms with Crippen LogP contribution < -0.4 is 0 Å². The van der Waals surface area contributed by atoms with Gasteiger partial charge in [0.25, 0.3) is 0 Å². The largest absolute Gasteiger partial charge is 0.449 e.